The Hall–Kier alpha value is -2.14. The first-order valence-electron chi connectivity index (χ1n) is 10.3. The van der Waals surface area contributed by atoms with E-state index in [4.69, 9.17) is 21.1 Å². The number of hydrogen-bond acceptors (Lipinski definition) is 5. The summed E-state index contributed by atoms with van der Waals surface area (Å²) in [6.07, 6.45) is -2.55. The van der Waals surface area contributed by atoms with Gasteiger partial charge in [-0.15, -0.1) is 13.2 Å². The molecule has 0 bridgehead atoms. The van der Waals surface area contributed by atoms with E-state index in [1.807, 2.05) is 24.4 Å². The summed E-state index contributed by atoms with van der Waals surface area (Å²) in [6.45, 7) is 0.143. The van der Waals surface area contributed by atoms with Crippen LogP contribution in [0.15, 0.2) is 36.5 Å². The van der Waals surface area contributed by atoms with E-state index in [2.05, 4.69) is 15.2 Å². The predicted molar refractivity (Wildman–Crippen MR) is 108 cm³/mol. The van der Waals surface area contributed by atoms with Gasteiger partial charge in [0, 0.05) is 24.1 Å². The molecule has 0 radical (unpaired) electrons. The Morgan fingerprint density at radius 2 is 1.94 bits per heavy atom. The number of aromatic nitrogens is 2. The van der Waals surface area contributed by atoms with Gasteiger partial charge in [-0.05, 0) is 43.2 Å². The van der Waals surface area contributed by atoms with Crippen molar-refractivity contribution in [1.29, 1.82) is 0 Å². The third-order valence-corrected chi connectivity index (χ3v) is 5.73. The summed E-state index contributed by atoms with van der Waals surface area (Å²) in [4.78, 5) is 12.1. The van der Waals surface area contributed by atoms with Crippen LogP contribution in [0.5, 0.6) is 0 Å². The number of benzene rings is 1. The monoisotopic (exact) mass is 473 g/mol. The van der Waals surface area contributed by atoms with E-state index >= 15 is 0 Å². The van der Waals surface area contributed by atoms with E-state index in [-0.39, 0.29) is 37.5 Å². The number of carbonyl (C=O) groups is 1. The Bertz CT molecular complexity index is 908. The Morgan fingerprint density at radius 1 is 1.19 bits per heavy atom. The zero-order chi connectivity index (χ0) is 22.7. The van der Waals surface area contributed by atoms with Crippen LogP contribution in [0.1, 0.15) is 37.5 Å². The van der Waals surface area contributed by atoms with Gasteiger partial charge in [0.05, 0.1) is 36.2 Å². The van der Waals surface area contributed by atoms with Gasteiger partial charge < -0.3 is 14.8 Å². The zero-order valence-corrected chi connectivity index (χ0v) is 17.8. The van der Waals surface area contributed by atoms with E-state index in [1.54, 1.807) is 16.8 Å². The van der Waals surface area contributed by atoms with Gasteiger partial charge in [0.15, 0.2) is 0 Å². The van der Waals surface area contributed by atoms with Crippen LogP contribution in [0.25, 0.3) is 5.69 Å². The van der Waals surface area contributed by atoms with Crippen molar-refractivity contribution in [2.24, 2.45) is 0 Å². The molecular weight excluding hydrogens is 451 g/mol. The van der Waals surface area contributed by atoms with Crippen LogP contribution in [0.2, 0.25) is 5.02 Å². The lowest BCUT2D eigenvalue weighted by atomic mass is 9.92. The average molecular weight is 474 g/mol. The number of nitrogens with zero attached hydrogens (tertiary/aromatic N) is 2. The molecule has 11 heteroatoms. The molecule has 32 heavy (non-hydrogen) atoms. The van der Waals surface area contributed by atoms with Gasteiger partial charge in [-0.1, -0.05) is 11.6 Å². The average Bonchev–Trinajstić information content (AvgIpc) is 3.20. The van der Waals surface area contributed by atoms with E-state index in [1.165, 1.54) is 0 Å². The molecule has 1 N–H and O–H groups in total. The minimum Gasteiger partial charge on any atom is -0.370 e. The number of carbonyl (C=O) groups excluding carboxylic acids is 1. The third-order valence-electron chi connectivity index (χ3n) is 5.47. The SMILES string of the molecule is O=C(COC1CC(OC(F)(F)F)C1)N[C@@H]1CC[C@@H](c2ccn(-c3ccc(Cl)cc3)n2)OC1. The van der Waals surface area contributed by atoms with Gasteiger partial charge in [-0.25, -0.2) is 4.68 Å². The number of halogens is 4. The minimum atomic E-state index is -4.64. The van der Waals surface area contributed by atoms with Crippen molar-refractivity contribution >= 4 is 17.5 Å². The predicted octanol–water partition coefficient (Wildman–Crippen LogP) is 3.95. The van der Waals surface area contributed by atoms with Crippen LogP contribution in [0.4, 0.5) is 13.2 Å². The fourth-order valence-electron chi connectivity index (χ4n) is 3.75. The lowest BCUT2D eigenvalue weighted by molar-refractivity contribution is -0.357. The van der Waals surface area contributed by atoms with E-state index < -0.39 is 18.6 Å². The highest BCUT2D eigenvalue weighted by Gasteiger charge is 2.40. The summed E-state index contributed by atoms with van der Waals surface area (Å²) in [6, 6.07) is 9.10. The van der Waals surface area contributed by atoms with Crippen molar-refractivity contribution in [3.63, 3.8) is 0 Å². The fraction of sp³-hybridized carbons (Fsp3) is 0.524. The Kier molecular flexibility index (Phi) is 7.04. The van der Waals surface area contributed by atoms with Crippen molar-refractivity contribution in [2.45, 2.75) is 56.4 Å². The molecule has 2 atom stereocenters. The van der Waals surface area contributed by atoms with E-state index in [0.717, 1.165) is 17.8 Å². The van der Waals surface area contributed by atoms with Gasteiger partial charge in [-0.2, -0.15) is 5.10 Å². The van der Waals surface area contributed by atoms with Gasteiger partial charge in [-0.3, -0.25) is 9.53 Å². The second-order valence-corrected chi connectivity index (χ2v) is 8.35. The number of alkyl halides is 3. The molecule has 0 unspecified atom stereocenters. The third kappa shape index (κ3) is 6.22. The van der Waals surface area contributed by atoms with Crippen LogP contribution in [-0.2, 0) is 19.0 Å². The molecule has 2 fully saturated rings. The van der Waals surface area contributed by atoms with Gasteiger partial charge >= 0.3 is 6.36 Å². The van der Waals surface area contributed by atoms with Crippen LogP contribution in [-0.4, -0.2) is 53.5 Å². The maximum absolute atomic E-state index is 12.1. The highest BCUT2D eigenvalue weighted by Crippen LogP contribution is 2.32. The summed E-state index contributed by atoms with van der Waals surface area (Å²) in [7, 11) is 0. The summed E-state index contributed by atoms with van der Waals surface area (Å²) < 4.78 is 53.2. The maximum atomic E-state index is 12.1. The smallest absolute Gasteiger partial charge is 0.370 e. The summed E-state index contributed by atoms with van der Waals surface area (Å²) >= 11 is 5.92. The van der Waals surface area contributed by atoms with Crippen molar-refractivity contribution in [2.75, 3.05) is 13.2 Å². The molecule has 7 nitrogen and oxygen atoms in total. The first-order chi connectivity index (χ1) is 15.2. The van der Waals surface area contributed by atoms with Crippen molar-refractivity contribution in [3.05, 3.63) is 47.2 Å². The van der Waals surface area contributed by atoms with Gasteiger partial charge in [0.25, 0.3) is 0 Å². The van der Waals surface area contributed by atoms with Crippen molar-refractivity contribution in [1.82, 2.24) is 15.1 Å². The van der Waals surface area contributed by atoms with Crippen molar-refractivity contribution < 1.29 is 32.2 Å². The molecule has 1 saturated heterocycles. The minimum absolute atomic E-state index is 0.129. The molecule has 1 aliphatic carbocycles. The van der Waals surface area contributed by atoms with E-state index in [0.29, 0.717) is 18.1 Å². The highest BCUT2D eigenvalue weighted by molar-refractivity contribution is 6.30. The molecule has 2 heterocycles. The summed E-state index contributed by atoms with van der Waals surface area (Å²) in [5.41, 5.74) is 1.71. The maximum Gasteiger partial charge on any atom is 0.522 e. The van der Waals surface area contributed by atoms with Gasteiger partial charge in [0.2, 0.25) is 5.91 Å². The quantitative estimate of drug-likeness (QED) is 0.659. The molecule has 0 spiro atoms. The molecule has 1 aromatic carbocycles. The first-order valence-corrected chi connectivity index (χ1v) is 10.7. The molecule has 1 saturated carbocycles. The molecular formula is C21H23ClF3N3O4. The highest BCUT2D eigenvalue weighted by atomic mass is 35.5. The normalized spacial score (nSPS) is 25.9. The standard InChI is InChI=1S/C21H23ClF3N3O4/c22-13-1-4-15(5-2-13)28-8-7-18(27-28)19-6-3-14(11-31-19)26-20(29)12-30-16-9-17(10-16)32-21(23,24)25/h1-2,4-5,7-8,14,16-17,19H,3,6,9-12H2,(H,26,29)/t14-,16?,17?,19+/m1/s1. The number of nitrogens with one attached hydrogen (secondary N) is 1. The van der Waals surface area contributed by atoms with Crippen molar-refractivity contribution in [3.8, 4) is 5.69 Å². The molecule has 2 aliphatic rings. The molecule has 1 aliphatic heterocycles. The lowest BCUT2D eigenvalue weighted by Crippen LogP contribution is -2.45. The Morgan fingerprint density at radius 3 is 2.59 bits per heavy atom. The Balaban J connectivity index is 1.16. The van der Waals surface area contributed by atoms with Crippen LogP contribution in [0, 0.1) is 0 Å². The van der Waals surface area contributed by atoms with Crippen LogP contribution < -0.4 is 5.32 Å². The Labute approximate surface area is 187 Å². The molecule has 4 rings (SSSR count). The number of hydrogen-bond donors (Lipinski definition) is 1. The second kappa shape index (κ2) is 9.78. The largest absolute Gasteiger partial charge is 0.522 e. The number of amides is 1. The molecule has 1 amide bonds. The topological polar surface area (TPSA) is 74.6 Å². The fourth-order valence-corrected chi connectivity index (χ4v) is 3.87. The molecule has 174 valence electrons. The molecule has 2 aromatic rings. The van der Waals surface area contributed by atoms with Crippen LogP contribution in [0.3, 0.4) is 0 Å². The first kappa shape index (κ1) is 23.0. The number of ether oxygens (including phenoxy) is 3. The molecule has 1 aromatic heterocycles. The van der Waals surface area contributed by atoms with Crippen LogP contribution >= 0.6 is 11.6 Å². The van der Waals surface area contributed by atoms with Gasteiger partial charge in [0.1, 0.15) is 12.7 Å². The second-order valence-electron chi connectivity index (χ2n) is 7.92. The summed E-state index contributed by atoms with van der Waals surface area (Å²) in [5.74, 6) is -0.316. The zero-order valence-electron chi connectivity index (χ0n) is 17.1. The van der Waals surface area contributed by atoms with E-state index in [9.17, 15) is 18.0 Å². The number of rotatable bonds is 7. The lowest BCUT2D eigenvalue weighted by Gasteiger charge is -2.35. The summed E-state index contributed by atoms with van der Waals surface area (Å²) in [5, 5.41) is 8.07.